The molecule has 90 valence electrons. The summed E-state index contributed by atoms with van der Waals surface area (Å²) >= 11 is 0. The molecule has 0 saturated carbocycles. The van der Waals surface area contributed by atoms with Crippen LogP contribution < -0.4 is 5.73 Å². The Morgan fingerprint density at radius 1 is 1.33 bits per heavy atom. The molecule has 1 unspecified atom stereocenters. The molecule has 0 aliphatic heterocycles. The summed E-state index contributed by atoms with van der Waals surface area (Å²) in [5, 5.41) is 0. The van der Waals surface area contributed by atoms with Gasteiger partial charge in [0.15, 0.2) is 0 Å². The Labute approximate surface area is 92.1 Å². The molecule has 0 spiro atoms. The monoisotopic (exact) mass is 217 g/mol. The first-order valence-corrected chi connectivity index (χ1v) is 5.55. The first-order valence-electron chi connectivity index (χ1n) is 5.55. The van der Waals surface area contributed by atoms with Crippen LogP contribution in [0.4, 0.5) is 0 Å². The molecule has 1 atom stereocenters. The second kappa shape index (κ2) is 9.93. The molecular formula is C11H23NO3. The molecule has 0 aromatic heterocycles. The second-order valence-electron chi connectivity index (χ2n) is 3.79. The third-order valence-electron chi connectivity index (χ3n) is 2.26. The number of hydrogen-bond donors (Lipinski definition) is 1. The zero-order valence-electron chi connectivity index (χ0n) is 9.83. The summed E-state index contributed by atoms with van der Waals surface area (Å²) in [7, 11) is 1.64. The van der Waals surface area contributed by atoms with Gasteiger partial charge in [-0.25, -0.2) is 0 Å². The topological polar surface area (TPSA) is 61.5 Å². The Hall–Kier alpha value is -0.610. The van der Waals surface area contributed by atoms with Gasteiger partial charge in [-0.2, -0.15) is 0 Å². The van der Waals surface area contributed by atoms with Gasteiger partial charge >= 0.3 is 5.97 Å². The molecular weight excluding hydrogens is 194 g/mol. The average molecular weight is 217 g/mol. The van der Waals surface area contributed by atoms with Gasteiger partial charge in [-0.05, 0) is 25.3 Å². The lowest BCUT2D eigenvalue weighted by atomic mass is 10.0. The third-order valence-corrected chi connectivity index (χ3v) is 2.26. The zero-order valence-corrected chi connectivity index (χ0v) is 9.83. The molecule has 0 saturated heterocycles. The summed E-state index contributed by atoms with van der Waals surface area (Å²) in [4.78, 5) is 11.2. The molecule has 0 amide bonds. The minimum Gasteiger partial charge on any atom is -0.466 e. The van der Waals surface area contributed by atoms with Crippen LogP contribution in [0.15, 0.2) is 0 Å². The van der Waals surface area contributed by atoms with Crippen LogP contribution in [0.1, 0.15) is 32.6 Å². The highest BCUT2D eigenvalue weighted by atomic mass is 16.5. The van der Waals surface area contributed by atoms with E-state index in [0.29, 0.717) is 32.1 Å². The van der Waals surface area contributed by atoms with Gasteiger partial charge in [-0.3, -0.25) is 4.79 Å². The van der Waals surface area contributed by atoms with E-state index in [0.717, 1.165) is 19.3 Å². The minimum atomic E-state index is -0.116. The molecule has 4 nitrogen and oxygen atoms in total. The van der Waals surface area contributed by atoms with Crippen molar-refractivity contribution in [3.8, 4) is 0 Å². The fourth-order valence-corrected chi connectivity index (χ4v) is 1.25. The van der Waals surface area contributed by atoms with E-state index >= 15 is 0 Å². The van der Waals surface area contributed by atoms with Crippen LogP contribution in [-0.4, -0.2) is 32.8 Å². The van der Waals surface area contributed by atoms with E-state index in [-0.39, 0.29) is 5.97 Å². The molecule has 0 heterocycles. The van der Waals surface area contributed by atoms with Gasteiger partial charge in [0, 0.05) is 26.6 Å². The van der Waals surface area contributed by atoms with E-state index in [2.05, 4.69) is 6.92 Å². The average Bonchev–Trinajstić information content (AvgIpc) is 2.22. The standard InChI is InChI=1S/C11H23NO3/c1-10(6-7-12)4-5-11(13)15-9-3-8-14-2/h10H,3-9,12H2,1-2H3. The van der Waals surface area contributed by atoms with Crippen molar-refractivity contribution >= 4 is 5.97 Å². The lowest BCUT2D eigenvalue weighted by Crippen LogP contribution is -2.11. The number of esters is 1. The second-order valence-corrected chi connectivity index (χ2v) is 3.79. The smallest absolute Gasteiger partial charge is 0.305 e. The molecule has 15 heavy (non-hydrogen) atoms. The van der Waals surface area contributed by atoms with Gasteiger partial charge in [0.1, 0.15) is 0 Å². The van der Waals surface area contributed by atoms with Gasteiger partial charge in [-0.15, -0.1) is 0 Å². The lowest BCUT2D eigenvalue weighted by molar-refractivity contribution is -0.144. The molecule has 0 rings (SSSR count). The van der Waals surface area contributed by atoms with Gasteiger partial charge in [0.2, 0.25) is 0 Å². The molecule has 0 aliphatic carbocycles. The first-order chi connectivity index (χ1) is 7.20. The Morgan fingerprint density at radius 3 is 2.67 bits per heavy atom. The molecule has 0 aliphatic rings. The van der Waals surface area contributed by atoms with E-state index < -0.39 is 0 Å². The van der Waals surface area contributed by atoms with E-state index in [1.807, 2.05) is 0 Å². The zero-order chi connectivity index (χ0) is 11.5. The van der Waals surface area contributed by atoms with Crippen molar-refractivity contribution in [1.82, 2.24) is 0 Å². The highest BCUT2D eigenvalue weighted by Gasteiger charge is 2.06. The van der Waals surface area contributed by atoms with Crippen molar-refractivity contribution in [2.24, 2.45) is 11.7 Å². The quantitative estimate of drug-likeness (QED) is 0.467. The van der Waals surface area contributed by atoms with E-state index in [1.165, 1.54) is 0 Å². The van der Waals surface area contributed by atoms with Crippen LogP contribution in [0, 0.1) is 5.92 Å². The maximum absolute atomic E-state index is 11.2. The molecule has 0 aromatic carbocycles. The predicted molar refractivity (Wildman–Crippen MR) is 59.5 cm³/mol. The summed E-state index contributed by atoms with van der Waals surface area (Å²) in [6.07, 6.45) is 3.09. The summed E-state index contributed by atoms with van der Waals surface area (Å²) in [5.74, 6) is 0.386. The highest BCUT2D eigenvalue weighted by Crippen LogP contribution is 2.09. The van der Waals surface area contributed by atoms with Crippen LogP contribution in [-0.2, 0) is 14.3 Å². The number of carbonyl (C=O) groups is 1. The van der Waals surface area contributed by atoms with Crippen LogP contribution >= 0.6 is 0 Å². The van der Waals surface area contributed by atoms with Crippen molar-refractivity contribution in [3.63, 3.8) is 0 Å². The molecule has 0 bridgehead atoms. The van der Waals surface area contributed by atoms with Crippen molar-refractivity contribution in [1.29, 1.82) is 0 Å². The fraction of sp³-hybridized carbons (Fsp3) is 0.909. The number of methoxy groups -OCH3 is 1. The molecule has 4 heteroatoms. The minimum absolute atomic E-state index is 0.116. The Kier molecular flexibility index (Phi) is 9.52. The number of nitrogens with two attached hydrogens (primary N) is 1. The summed E-state index contributed by atoms with van der Waals surface area (Å²) in [6.45, 7) is 3.88. The van der Waals surface area contributed by atoms with E-state index in [1.54, 1.807) is 7.11 Å². The molecule has 0 fully saturated rings. The van der Waals surface area contributed by atoms with Crippen molar-refractivity contribution < 1.29 is 14.3 Å². The Balaban J connectivity index is 3.32. The number of carbonyl (C=O) groups excluding carboxylic acids is 1. The van der Waals surface area contributed by atoms with Gasteiger partial charge < -0.3 is 15.2 Å². The van der Waals surface area contributed by atoms with Gasteiger partial charge in [0.25, 0.3) is 0 Å². The van der Waals surface area contributed by atoms with E-state index in [4.69, 9.17) is 15.2 Å². The maximum Gasteiger partial charge on any atom is 0.305 e. The van der Waals surface area contributed by atoms with Gasteiger partial charge in [0.05, 0.1) is 6.61 Å². The maximum atomic E-state index is 11.2. The Bertz CT molecular complexity index is 162. The van der Waals surface area contributed by atoms with Crippen LogP contribution in [0.5, 0.6) is 0 Å². The first kappa shape index (κ1) is 14.4. The summed E-state index contributed by atoms with van der Waals surface area (Å²) in [5.41, 5.74) is 5.42. The SMILES string of the molecule is COCCCOC(=O)CCC(C)CCN. The van der Waals surface area contributed by atoms with Crippen molar-refractivity contribution in [2.45, 2.75) is 32.6 Å². The number of rotatable bonds is 9. The van der Waals surface area contributed by atoms with Crippen LogP contribution in [0.25, 0.3) is 0 Å². The molecule has 2 N–H and O–H groups in total. The normalized spacial score (nSPS) is 12.5. The van der Waals surface area contributed by atoms with Crippen molar-refractivity contribution in [2.75, 3.05) is 26.9 Å². The van der Waals surface area contributed by atoms with E-state index in [9.17, 15) is 4.79 Å². The summed E-state index contributed by atoms with van der Waals surface area (Å²) < 4.78 is 9.87. The van der Waals surface area contributed by atoms with Crippen LogP contribution in [0.2, 0.25) is 0 Å². The Morgan fingerprint density at radius 2 is 2.07 bits per heavy atom. The predicted octanol–water partition coefficient (Wildman–Crippen LogP) is 1.33. The fourth-order valence-electron chi connectivity index (χ4n) is 1.25. The number of ether oxygens (including phenoxy) is 2. The number of hydrogen-bond acceptors (Lipinski definition) is 4. The van der Waals surface area contributed by atoms with Crippen molar-refractivity contribution in [3.05, 3.63) is 0 Å². The highest BCUT2D eigenvalue weighted by molar-refractivity contribution is 5.69. The third kappa shape index (κ3) is 9.69. The van der Waals surface area contributed by atoms with Crippen LogP contribution in [0.3, 0.4) is 0 Å². The lowest BCUT2D eigenvalue weighted by Gasteiger charge is -2.09. The molecule has 0 aromatic rings. The summed E-state index contributed by atoms with van der Waals surface area (Å²) in [6, 6.07) is 0. The van der Waals surface area contributed by atoms with Gasteiger partial charge in [-0.1, -0.05) is 6.92 Å². The largest absolute Gasteiger partial charge is 0.466 e. The molecule has 0 radical (unpaired) electrons.